The number of pyridine rings is 1. The zero-order valence-electron chi connectivity index (χ0n) is 13.4. The highest BCUT2D eigenvalue weighted by Crippen LogP contribution is 2.17. The molecule has 3 rings (SSSR count). The van der Waals surface area contributed by atoms with Crippen molar-refractivity contribution in [3.63, 3.8) is 0 Å². The van der Waals surface area contributed by atoms with Crippen molar-refractivity contribution >= 4 is 5.91 Å². The molecule has 0 radical (unpaired) electrons. The molecule has 3 heterocycles. The third-order valence-corrected chi connectivity index (χ3v) is 3.74. The largest absolute Gasteiger partial charge is 0.482 e. The van der Waals surface area contributed by atoms with Crippen LogP contribution in [0, 0.1) is 13.8 Å². The Labute approximate surface area is 134 Å². The van der Waals surface area contributed by atoms with E-state index in [4.69, 9.17) is 9.47 Å². The van der Waals surface area contributed by atoms with E-state index in [1.807, 2.05) is 27.0 Å². The van der Waals surface area contributed by atoms with E-state index in [0.717, 1.165) is 11.1 Å². The molecule has 7 heteroatoms. The van der Waals surface area contributed by atoms with Gasteiger partial charge in [0.2, 0.25) is 0 Å². The molecule has 0 aliphatic carbocycles. The van der Waals surface area contributed by atoms with Crippen LogP contribution in [0.4, 0.5) is 0 Å². The first kappa shape index (κ1) is 15.5. The van der Waals surface area contributed by atoms with Crippen molar-refractivity contribution in [1.29, 1.82) is 0 Å². The smallest absolute Gasteiger partial charge is 0.270 e. The predicted molar refractivity (Wildman–Crippen MR) is 83.4 cm³/mol. The van der Waals surface area contributed by atoms with E-state index >= 15 is 0 Å². The third kappa shape index (κ3) is 3.50. The second-order valence-electron chi connectivity index (χ2n) is 5.80. The molecule has 0 spiro atoms. The second-order valence-corrected chi connectivity index (χ2v) is 5.80. The van der Waals surface area contributed by atoms with Gasteiger partial charge in [0.1, 0.15) is 11.8 Å². The fourth-order valence-electron chi connectivity index (χ4n) is 2.61. The van der Waals surface area contributed by atoms with Crippen molar-refractivity contribution in [2.24, 2.45) is 7.05 Å². The first-order chi connectivity index (χ1) is 11.0. The van der Waals surface area contributed by atoms with Crippen LogP contribution in [0.3, 0.4) is 0 Å². The van der Waals surface area contributed by atoms with Crippen LogP contribution in [0.15, 0.2) is 24.7 Å². The molecule has 0 bridgehead atoms. The van der Waals surface area contributed by atoms with Crippen molar-refractivity contribution in [3.05, 3.63) is 41.5 Å². The Balaban J connectivity index is 1.67. The number of carbonyl (C=O) groups is 1. The molecule has 1 amide bonds. The Kier molecular flexibility index (Phi) is 4.29. The van der Waals surface area contributed by atoms with Gasteiger partial charge in [0.25, 0.3) is 5.91 Å². The lowest BCUT2D eigenvalue weighted by atomic mass is 10.1. The van der Waals surface area contributed by atoms with Crippen LogP contribution < -0.4 is 10.1 Å². The fraction of sp³-hybridized carbons (Fsp3) is 0.438. The molecule has 2 atom stereocenters. The Hall–Kier alpha value is -2.41. The van der Waals surface area contributed by atoms with Crippen molar-refractivity contribution in [1.82, 2.24) is 20.1 Å². The van der Waals surface area contributed by atoms with Gasteiger partial charge in [0, 0.05) is 13.2 Å². The summed E-state index contributed by atoms with van der Waals surface area (Å²) in [5, 5.41) is 7.02. The number of hydrogen-bond donors (Lipinski definition) is 1. The topological polar surface area (TPSA) is 78.3 Å². The molecular weight excluding hydrogens is 296 g/mol. The molecule has 7 nitrogen and oxygen atoms in total. The highest BCUT2D eigenvalue weighted by atomic mass is 16.5. The van der Waals surface area contributed by atoms with Crippen LogP contribution in [0.1, 0.15) is 21.6 Å². The molecular formula is C16H20N4O3. The summed E-state index contributed by atoms with van der Waals surface area (Å²) in [7, 11) is 1.82. The molecule has 2 aromatic heterocycles. The molecule has 0 unspecified atom stereocenters. The van der Waals surface area contributed by atoms with E-state index in [-0.39, 0.29) is 18.1 Å². The summed E-state index contributed by atoms with van der Waals surface area (Å²) in [6.07, 6.45) is 4.87. The summed E-state index contributed by atoms with van der Waals surface area (Å²) in [4.78, 5) is 16.7. The Morgan fingerprint density at radius 2 is 2.22 bits per heavy atom. The van der Waals surface area contributed by atoms with Gasteiger partial charge in [0.15, 0.2) is 5.75 Å². The number of nitrogens with one attached hydrogen (secondary N) is 1. The number of amides is 1. The van der Waals surface area contributed by atoms with Crippen LogP contribution >= 0.6 is 0 Å². The highest BCUT2D eigenvalue weighted by Gasteiger charge is 2.32. The number of nitrogens with zero attached hydrogens (tertiary/aromatic N) is 3. The SMILES string of the molecule is Cc1cnc(C(=O)N[C@@H]2COC[C@@H]2Oc2cnn(C)c2)c(C)c1. The predicted octanol–water partition coefficient (Wildman–Crippen LogP) is 1.01. The van der Waals surface area contributed by atoms with Crippen molar-refractivity contribution < 1.29 is 14.3 Å². The first-order valence-corrected chi connectivity index (χ1v) is 7.50. The van der Waals surface area contributed by atoms with Crippen LogP contribution in [0.5, 0.6) is 5.75 Å². The fourth-order valence-corrected chi connectivity index (χ4v) is 2.61. The maximum atomic E-state index is 12.4. The zero-order chi connectivity index (χ0) is 16.4. The molecule has 2 aromatic rings. The van der Waals surface area contributed by atoms with Gasteiger partial charge in [-0.15, -0.1) is 0 Å². The lowest BCUT2D eigenvalue weighted by molar-refractivity contribution is 0.0898. The van der Waals surface area contributed by atoms with E-state index in [1.54, 1.807) is 23.3 Å². The monoisotopic (exact) mass is 316 g/mol. The van der Waals surface area contributed by atoms with Crippen molar-refractivity contribution in [3.8, 4) is 5.75 Å². The lowest BCUT2D eigenvalue weighted by Crippen LogP contribution is -2.45. The minimum atomic E-state index is -0.242. The maximum absolute atomic E-state index is 12.4. The quantitative estimate of drug-likeness (QED) is 0.911. The van der Waals surface area contributed by atoms with Gasteiger partial charge < -0.3 is 14.8 Å². The number of carbonyl (C=O) groups excluding carboxylic acids is 1. The molecule has 122 valence electrons. The number of rotatable bonds is 4. The molecule has 1 aliphatic heterocycles. The van der Waals surface area contributed by atoms with Crippen LogP contribution in [-0.2, 0) is 11.8 Å². The van der Waals surface area contributed by atoms with Gasteiger partial charge in [-0.3, -0.25) is 14.5 Å². The van der Waals surface area contributed by atoms with Crippen LogP contribution in [-0.4, -0.2) is 46.0 Å². The van der Waals surface area contributed by atoms with Gasteiger partial charge in [-0.2, -0.15) is 5.10 Å². The molecule has 1 fully saturated rings. The maximum Gasteiger partial charge on any atom is 0.270 e. The Bertz CT molecular complexity index is 713. The van der Waals surface area contributed by atoms with E-state index < -0.39 is 0 Å². The average molecular weight is 316 g/mol. The van der Waals surface area contributed by atoms with Gasteiger partial charge in [-0.05, 0) is 25.0 Å². The Morgan fingerprint density at radius 3 is 2.91 bits per heavy atom. The van der Waals surface area contributed by atoms with E-state index in [9.17, 15) is 4.79 Å². The van der Waals surface area contributed by atoms with Gasteiger partial charge in [-0.25, -0.2) is 0 Å². The zero-order valence-corrected chi connectivity index (χ0v) is 13.4. The van der Waals surface area contributed by atoms with E-state index in [0.29, 0.717) is 24.7 Å². The number of ether oxygens (including phenoxy) is 2. The minimum Gasteiger partial charge on any atom is -0.482 e. The normalized spacial score (nSPS) is 20.5. The number of aromatic nitrogens is 3. The minimum absolute atomic E-state index is 0.210. The average Bonchev–Trinajstić information content (AvgIpc) is 3.09. The summed E-state index contributed by atoms with van der Waals surface area (Å²) >= 11 is 0. The number of hydrogen-bond acceptors (Lipinski definition) is 5. The van der Waals surface area contributed by atoms with E-state index in [1.165, 1.54) is 0 Å². The molecule has 0 aromatic carbocycles. The summed E-state index contributed by atoms with van der Waals surface area (Å²) in [6, 6.07) is 1.72. The third-order valence-electron chi connectivity index (χ3n) is 3.74. The van der Waals surface area contributed by atoms with Crippen molar-refractivity contribution in [2.75, 3.05) is 13.2 Å². The first-order valence-electron chi connectivity index (χ1n) is 7.50. The van der Waals surface area contributed by atoms with Gasteiger partial charge in [0.05, 0.1) is 31.6 Å². The lowest BCUT2D eigenvalue weighted by Gasteiger charge is -2.19. The summed E-state index contributed by atoms with van der Waals surface area (Å²) in [5.41, 5.74) is 2.31. The Morgan fingerprint density at radius 1 is 1.39 bits per heavy atom. The van der Waals surface area contributed by atoms with Crippen LogP contribution in [0.2, 0.25) is 0 Å². The second kappa shape index (κ2) is 6.37. The summed E-state index contributed by atoms with van der Waals surface area (Å²) in [6.45, 7) is 4.68. The molecule has 0 saturated carbocycles. The molecule has 23 heavy (non-hydrogen) atoms. The van der Waals surface area contributed by atoms with Crippen molar-refractivity contribution in [2.45, 2.75) is 26.0 Å². The van der Waals surface area contributed by atoms with Gasteiger partial charge in [-0.1, -0.05) is 6.07 Å². The summed E-state index contributed by atoms with van der Waals surface area (Å²) < 4.78 is 13.0. The molecule has 1 aliphatic rings. The standard InChI is InChI=1S/C16H20N4O3/c1-10-4-11(2)15(17-5-10)16(21)19-13-8-22-9-14(13)23-12-6-18-20(3)7-12/h4-7,13-14H,8-9H2,1-3H3,(H,19,21)/t13-,14+/m1/s1. The highest BCUT2D eigenvalue weighted by molar-refractivity contribution is 5.93. The van der Waals surface area contributed by atoms with E-state index in [2.05, 4.69) is 15.4 Å². The summed E-state index contributed by atoms with van der Waals surface area (Å²) in [5.74, 6) is 0.449. The number of aryl methyl sites for hydroxylation is 3. The molecule has 1 saturated heterocycles. The molecule has 1 N–H and O–H groups in total. The van der Waals surface area contributed by atoms with Gasteiger partial charge >= 0.3 is 0 Å². The van der Waals surface area contributed by atoms with Crippen LogP contribution in [0.25, 0.3) is 0 Å².